The molecular formula is C19H15N5O5S2. The molecule has 31 heavy (non-hydrogen) atoms. The van der Waals surface area contributed by atoms with Crippen LogP contribution in [0.5, 0.6) is 5.75 Å². The molecule has 10 nitrogen and oxygen atoms in total. The lowest BCUT2D eigenvalue weighted by Crippen LogP contribution is -2.14. The maximum Gasteiger partial charge on any atom is 0.279 e. The van der Waals surface area contributed by atoms with E-state index >= 15 is 0 Å². The first-order valence-electron chi connectivity index (χ1n) is 8.83. The molecule has 12 heteroatoms. The van der Waals surface area contributed by atoms with Crippen LogP contribution in [0.25, 0.3) is 11.5 Å². The van der Waals surface area contributed by atoms with Gasteiger partial charge in [-0.15, -0.1) is 10.2 Å². The lowest BCUT2D eigenvalue weighted by Gasteiger charge is -2.08. The molecule has 0 fully saturated rings. The molecule has 158 valence electrons. The number of ether oxygens (including phenoxy) is 1. The summed E-state index contributed by atoms with van der Waals surface area (Å²) < 4.78 is 16.1. The quantitative estimate of drug-likeness (QED) is 0.299. The Morgan fingerprint density at radius 3 is 2.81 bits per heavy atom. The van der Waals surface area contributed by atoms with Crippen molar-refractivity contribution >= 4 is 45.7 Å². The highest BCUT2D eigenvalue weighted by Gasteiger charge is 2.17. The van der Waals surface area contributed by atoms with Gasteiger partial charge in [0.25, 0.3) is 5.91 Å². The Morgan fingerprint density at radius 1 is 1.13 bits per heavy atom. The Balaban J connectivity index is 1.30. The third kappa shape index (κ3) is 5.10. The van der Waals surface area contributed by atoms with E-state index in [1.54, 1.807) is 30.3 Å². The number of nitrogens with zero attached hydrogens (tertiary/aromatic N) is 3. The van der Waals surface area contributed by atoms with Gasteiger partial charge in [0.05, 0.1) is 24.8 Å². The molecule has 0 radical (unpaired) electrons. The Bertz CT molecular complexity index is 1190. The van der Waals surface area contributed by atoms with Crippen LogP contribution in [0.1, 0.15) is 10.5 Å². The van der Waals surface area contributed by atoms with Gasteiger partial charge < -0.3 is 19.0 Å². The zero-order valence-electron chi connectivity index (χ0n) is 16.0. The van der Waals surface area contributed by atoms with Gasteiger partial charge in [-0.3, -0.25) is 14.9 Å². The SMILES string of the molecule is COc1ccccc1NC(=O)CSc1nnc(NC(=O)c2cc(-c3ccco3)on2)s1. The van der Waals surface area contributed by atoms with Gasteiger partial charge >= 0.3 is 0 Å². The van der Waals surface area contributed by atoms with E-state index in [1.165, 1.54) is 31.2 Å². The first-order valence-corrected chi connectivity index (χ1v) is 10.6. The van der Waals surface area contributed by atoms with Gasteiger partial charge in [0.1, 0.15) is 5.75 Å². The molecule has 0 bridgehead atoms. The summed E-state index contributed by atoms with van der Waals surface area (Å²) >= 11 is 2.35. The first kappa shape index (κ1) is 20.6. The largest absolute Gasteiger partial charge is 0.495 e. The minimum absolute atomic E-state index is 0.0759. The van der Waals surface area contributed by atoms with Crippen LogP contribution in [0.3, 0.4) is 0 Å². The van der Waals surface area contributed by atoms with Crippen molar-refractivity contribution in [2.75, 3.05) is 23.5 Å². The van der Waals surface area contributed by atoms with Crippen molar-refractivity contribution in [1.29, 1.82) is 0 Å². The molecule has 0 saturated carbocycles. The molecule has 2 N–H and O–H groups in total. The second kappa shape index (κ2) is 9.45. The molecule has 0 saturated heterocycles. The smallest absolute Gasteiger partial charge is 0.279 e. The molecule has 0 aliphatic heterocycles. The number of benzene rings is 1. The van der Waals surface area contributed by atoms with E-state index in [-0.39, 0.29) is 22.5 Å². The van der Waals surface area contributed by atoms with Crippen LogP contribution in [0.4, 0.5) is 10.8 Å². The van der Waals surface area contributed by atoms with Crippen molar-refractivity contribution in [2.45, 2.75) is 4.34 Å². The average Bonchev–Trinajstić information content (AvgIpc) is 3.54. The minimum atomic E-state index is -0.497. The second-order valence-corrected chi connectivity index (χ2v) is 8.12. The number of anilines is 2. The number of carbonyl (C=O) groups is 2. The van der Waals surface area contributed by atoms with Crippen LogP contribution in [-0.2, 0) is 4.79 Å². The van der Waals surface area contributed by atoms with E-state index in [4.69, 9.17) is 13.7 Å². The highest BCUT2D eigenvalue weighted by molar-refractivity contribution is 8.01. The van der Waals surface area contributed by atoms with E-state index in [2.05, 4.69) is 26.0 Å². The third-order valence-corrected chi connectivity index (χ3v) is 5.81. The fraction of sp³-hybridized carbons (Fsp3) is 0.105. The van der Waals surface area contributed by atoms with Gasteiger partial charge in [-0.25, -0.2) is 0 Å². The standard InChI is InChI=1S/C19H15N5O5S2/c1-27-13-6-3-2-5-11(13)20-16(25)10-30-19-23-22-18(31-19)21-17(26)12-9-15(29-24-12)14-7-4-8-28-14/h2-9H,10H2,1H3,(H,20,25)(H,21,22,26). The van der Waals surface area contributed by atoms with Crippen molar-refractivity contribution in [2.24, 2.45) is 0 Å². The van der Waals surface area contributed by atoms with E-state index in [1.807, 2.05) is 6.07 Å². The van der Waals surface area contributed by atoms with Gasteiger partial charge in [-0.1, -0.05) is 40.4 Å². The number of rotatable bonds is 8. The van der Waals surface area contributed by atoms with Crippen LogP contribution in [-0.4, -0.2) is 40.0 Å². The summed E-state index contributed by atoms with van der Waals surface area (Å²) in [5, 5.41) is 17.3. The number of hydrogen-bond donors (Lipinski definition) is 2. The molecule has 0 atom stereocenters. The molecule has 0 unspecified atom stereocenters. The van der Waals surface area contributed by atoms with Gasteiger partial charge in [-0.05, 0) is 24.3 Å². The number of carbonyl (C=O) groups excluding carboxylic acids is 2. The zero-order valence-corrected chi connectivity index (χ0v) is 17.7. The summed E-state index contributed by atoms with van der Waals surface area (Å²) in [7, 11) is 1.54. The number of hydrogen-bond acceptors (Lipinski definition) is 10. The maximum atomic E-state index is 12.3. The van der Waals surface area contributed by atoms with Crippen LogP contribution >= 0.6 is 23.1 Å². The highest BCUT2D eigenvalue weighted by atomic mass is 32.2. The van der Waals surface area contributed by atoms with Gasteiger partial charge in [0, 0.05) is 6.07 Å². The predicted molar refractivity (Wildman–Crippen MR) is 114 cm³/mol. The van der Waals surface area contributed by atoms with Crippen molar-refractivity contribution in [1.82, 2.24) is 15.4 Å². The Labute approximate surface area is 184 Å². The fourth-order valence-corrected chi connectivity index (χ4v) is 4.01. The Morgan fingerprint density at radius 2 is 2.00 bits per heavy atom. The number of methoxy groups -OCH3 is 1. The molecule has 3 heterocycles. The molecule has 1 aromatic carbocycles. The van der Waals surface area contributed by atoms with Crippen LogP contribution in [0.2, 0.25) is 0 Å². The monoisotopic (exact) mass is 457 g/mol. The summed E-state index contributed by atoms with van der Waals surface area (Å²) in [5.41, 5.74) is 0.661. The van der Waals surface area contributed by atoms with E-state index < -0.39 is 5.91 Å². The number of nitrogens with one attached hydrogen (secondary N) is 2. The van der Waals surface area contributed by atoms with E-state index in [0.717, 1.165) is 11.3 Å². The molecule has 4 rings (SSSR count). The summed E-state index contributed by atoms with van der Waals surface area (Å²) in [4.78, 5) is 24.5. The van der Waals surface area contributed by atoms with E-state index in [9.17, 15) is 9.59 Å². The second-order valence-electron chi connectivity index (χ2n) is 5.92. The highest BCUT2D eigenvalue weighted by Crippen LogP contribution is 2.28. The Hall–Kier alpha value is -3.64. The molecule has 0 aliphatic carbocycles. The lowest BCUT2D eigenvalue weighted by molar-refractivity contribution is -0.113. The average molecular weight is 457 g/mol. The van der Waals surface area contributed by atoms with Crippen molar-refractivity contribution in [3.63, 3.8) is 0 Å². The van der Waals surface area contributed by atoms with E-state index in [0.29, 0.717) is 27.3 Å². The molecular weight excluding hydrogens is 442 g/mol. The van der Waals surface area contributed by atoms with Crippen molar-refractivity contribution in [3.05, 3.63) is 54.4 Å². The van der Waals surface area contributed by atoms with Crippen LogP contribution in [0.15, 0.2) is 62.0 Å². The van der Waals surface area contributed by atoms with Gasteiger partial charge in [0.2, 0.25) is 16.8 Å². The summed E-state index contributed by atoms with van der Waals surface area (Å²) in [6.45, 7) is 0. The molecule has 2 amide bonds. The maximum absolute atomic E-state index is 12.3. The van der Waals surface area contributed by atoms with Crippen molar-refractivity contribution in [3.8, 4) is 17.3 Å². The number of furan rings is 1. The molecule has 3 aromatic heterocycles. The Kier molecular flexibility index (Phi) is 6.29. The predicted octanol–water partition coefficient (Wildman–Crippen LogP) is 3.78. The van der Waals surface area contributed by atoms with Crippen molar-refractivity contribution < 1.29 is 23.3 Å². The summed E-state index contributed by atoms with van der Waals surface area (Å²) in [5.74, 6) is 0.782. The molecule has 0 aliphatic rings. The molecule has 0 spiro atoms. The fourth-order valence-electron chi connectivity index (χ4n) is 2.46. The summed E-state index contributed by atoms with van der Waals surface area (Å²) in [6, 6.07) is 12.0. The number of amides is 2. The topological polar surface area (TPSA) is 132 Å². The number of thioether (sulfide) groups is 1. The normalized spacial score (nSPS) is 10.6. The van der Waals surface area contributed by atoms with Crippen LogP contribution in [0, 0.1) is 0 Å². The molecule has 4 aromatic rings. The number of aromatic nitrogens is 3. The minimum Gasteiger partial charge on any atom is -0.495 e. The van der Waals surface area contributed by atoms with Gasteiger partial charge in [-0.2, -0.15) is 0 Å². The first-order chi connectivity index (χ1) is 15.1. The lowest BCUT2D eigenvalue weighted by atomic mass is 10.3. The number of para-hydroxylation sites is 2. The zero-order chi connectivity index (χ0) is 21.6. The van der Waals surface area contributed by atoms with Crippen LogP contribution < -0.4 is 15.4 Å². The van der Waals surface area contributed by atoms with Gasteiger partial charge in [0.15, 0.2) is 15.8 Å². The third-order valence-electron chi connectivity index (χ3n) is 3.84. The summed E-state index contributed by atoms with van der Waals surface area (Å²) in [6.07, 6.45) is 1.49.